The molecular formula is C18H15Cl2N3O. The lowest BCUT2D eigenvalue weighted by Gasteiger charge is -2.13. The molecule has 1 N–H and O–H groups in total. The van der Waals surface area contributed by atoms with Crippen LogP contribution in [0.25, 0.3) is 16.9 Å². The van der Waals surface area contributed by atoms with Crippen LogP contribution < -0.4 is 5.32 Å². The quantitative estimate of drug-likeness (QED) is 0.698. The van der Waals surface area contributed by atoms with Crippen LogP contribution in [0.15, 0.2) is 54.7 Å². The van der Waals surface area contributed by atoms with Crippen LogP contribution in [0.2, 0.25) is 0 Å². The zero-order valence-corrected chi connectivity index (χ0v) is 14.5. The first kappa shape index (κ1) is 15.5. The van der Waals surface area contributed by atoms with Crippen molar-refractivity contribution in [1.82, 2.24) is 9.38 Å². The normalized spacial score (nSPS) is 21.6. The zero-order valence-electron chi connectivity index (χ0n) is 13.0. The van der Waals surface area contributed by atoms with E-state index in [2.05, 4.69) is 10.3 Å². The molecule has 0 aliphatic heterocycles. The molecule has 6 heteroatoms. The van der Waals surface area contributed by atoms with E-state index in [9.17, 15) is 4.79 Å². The summed E-state index contributed by atoms with van der Waals surface area (Å²) in [6, 6.07) is 15.4. The Labute approximate surface area is 149 Å². The number of halogens is 2. The van der Waals surface area contributed by atoms with E-state index < -0.39 is 9.75 Å². The highest BCUT2D eigenvalue weighted by atomic mass is 35.5. The van der Waals surface area contributed by atoms with Crippen molar-refractivity contribution in [1.29, 1.82) is 0 Å². The maximum absolute atomic E-state index is 12.7. The molecule has 1 aliphatic carbocycles. The van der Waals surface area contributed by atoms with E-state index in [4.69, 9.17) is 23.2 Å². The number of carbonyl (C=O) groups excluding carboxylic acids is 1. The lowest BCUT2D eigenvalue weighted by Crippen LogP contribution is -2.26. The molecule has 1 aromatic carbocycles. The predicted octanol–water partition coefficient (Wildman–Crippen LogP) is 4.52. The van der Waals surface area contributed by atoms with Gasteiger partial charge in [-0.2, -0.15) is 0 Å². The minimum atomic E-state index is -1.01. The highest BCUT2D eigenvalue weighted by Gasteiger charge is 2.68. The number of benzene rings is 1. The van der Waals surface area contributed by atoms with E-state index in [-0.39, 0.29) is 5.91 Å². The van der Waals surface area contributed by atoms with Gasteiger partial charge in [-0.25, -0.2) is 4.98 Å². The first-order chi connectivity index (χ1) is 11.4. The number of hydrogen-bond acceptors (Lipinski definition) is 2. The number of nitrogens with zero attached hydrogens (tertiary/aromatic N) is 2. The van der Waals surface area contributed by atoms with Gasteiger partial charge in [0.25, 0.3) is 0 Å². The Kier molecular flexibility index (Phi) is 3.37. The van der Waals surface area contributed by atoms with Crippen LogP contribution in [-0.4, -0.2) is 19.6 Å². The molecule has 3 aromatic rings. The number of fused-ring (bicyclic) bond motifs is 1. The molecule has 2 heterocycles. The number of aromatic nitrogens is 2. The van der Waals surface area contributed by atoms with Crippen molar-refractivity contribution in [3.8, 4) is 11.3 Å². The van der Waals surface area contributed by atoms with Gasteiger partial charge in [-0.3, -0.25) is 9.20 Å². The average molecular weight is 360 g/mol. The van der Waals surface area contributed by atoms with Crippen molar-refractivity contribution in [3.63, 3.8) is 0 Å². The fourth-order valence-electron chi connectivity index (χ4n) is 2.80. The topological polar surface area (TPSA) is 46.4 Å². The summed E-state index contributed by atoms with van der Waals surface area (Å²) in [5, 5.41) is 2.98. The standard InChI is InChI=1S/C18H15Cl2N3O/c1-17(11-18(17,19)20)16(24)22-15-14(12-7-3-2-4-8-12)21-13-9-5-6-10-23(13)15/h2-10H,11H2,1H3,(H,22,24). The highest BCUT2D eigenvalue weighted by Crippen LogP contribution is 2.64. The van der Waals surface area contributed by atoms with Crippen LogP contribution in [0.1, 0.15) is 13.3 Å². The SMILES string of the molecule is CC1(C(=O)Nc2c(-c3ccccc3)nc3ccccn23)CC1(Cl)Cl. The van der Waals surface area contributed by atoms with Gasteiger partial charge in [0, 0.05) is 11.8 Å². The van der Waals surface area contributed by atoms with E-state index in [1.807, 2.05) is 59.1 Å². The summed E-state index contributed by atoms with van der Waals surface area (Å²) in [5.74, 6) is 0.425. The summed E-state index contributed by atoms with van der Waals surface area (Å²) in [7, 11) is 0. The van der Waals surface area contributed by atoms with E-state index >= 15 is 0 Å². The number of amides is 1. The monoisotopic (exact) mass is 359 g/mol. The number of pyridine rings is 1. The number of anilines is 1. The molecule has 4 nitrogen and oxygen atoms in total. The van der Waals surface area contributed by atoms with Crippen LogP contribution in [0.4, 0.5) is 5.82 Å². The Balaban J connectivity index is 1.81. The lowest BCUT2D eigenvalue weighted by atomic mass is 10.1. The fraction of sp³-hybridized carbons (Fsp3) is 0.222. The molecule has 1 fully saturated rings. The van der Waals surface area contributed by atoms with Crippen molar-refractivity contribution in [2.75, 3.05) is 5.32 Å². The third kappa shape index (κ3) is 2.29. The summed E-state index contributed by atoms with van der Waals surface area (Å²) in [4.78, 5) is 17.4. The van der Waals surface area contributed by atoms with Gasteiger partial charge in [0.15, 0.2) is 0 Å². The molecule has 1 amide bonds. The van der Waals surface area contributed by atoms with Crippen LogP contribution in [0, 0.1) is 5.41 Å². The van der Waals surface area contributed by atoms with Crippen molar-refractivity contribution in [2.24, 2.45) is 5.41 Å². The lowest BCUT2D eigenvalue weighted by molar-refractivity contribution is -0.120. The van der Waals surface area contributed by atoms with Gasteiger partial charge in [0.2, 0.25) is 5.91 Å². The average Bonchev–Trinajstić information content (AvgIpc) is 2.93. The molecule has 1 unspecified atom stereocenters. The number of hydrogen-bond donors (Lipinski definition) is 1. The van der Waals surface area contributed by atoms with Gasteiger partial charge < -0.3 is 5.32 Å². The number of imidazole rings is 1. The molecule has 122 valence electrons. The van der Waals surface area contributed by atoms with Crippen LogP contribution in [0.5, 0.6) is 0 Å². The largest absolute Gasteiger partial charge is 0.309 e. The Morgan fingerprint density at radius 3 is 2.50 bits per heavy atom. The fourth-order valence-corrected chi connectivity index (χ4v) is 3.51. The Morgan fingerprint density at radius 1 is 1.17 bits per heavy atom. The summed E-state index contributed by atoms with van der Waals surface area (Å²) in [6.45, 7) is 1.77. The third-order valence-electron chi connectivity index (χ3n) is 4.57. The van der Waals surface area contributed by atoms with E-state index in [1.165, 1.54) is 0 Å². The molecule has 0 saturated heterocycles. The van der Waals surface area contributed by atoms with Gasteiger partial charge in [0.1, 0.15) is 21.5 Å². The van der Waals surface area contributed by atoms with Crippen LogP contribution in [0.3, 0.4) is 0 Å². The number of carbonyl (C=O) groups is 1. The molecule has 1 aliphatic rings. The first-order valence-corrected chi connectivity index (χ1v) is 8.40. The number of alkyl halides is 2. The van der Waals surface area contributed by atoms with Crippen molar-refractivity contribution in [2.45, 2.75) is 17.7 Å². The van der Waals surface area contributed by atoms with Gasteiger partial charge in [-0.05, 0) is 25.5 Å². The summed E-state index contributed by atoms with van der Waals surface area (Å²) < 4.78 is 0.848. The Morgan fingerprint density at radius 2 is 1.83 bits per heavy atom. The smallest absolute Gasteiger partial charge is 0.234 e. The first-order valence-electron chi connectivity index (χ1n) is 7.64. The van der Waals surface area contributed by atoms with Crippen LogP contribution in [-0.2, 0) is 4.79 Å². The third-order valence-corrected chi connectivity index (χ3v) is 5.67. The second-order valence-corrected chi connectivity index (χ2v) is 7.76. The van der Waals surface area contributed by atoms with Gasteiger partial charge in [-0.15, -0.1) is 23.2 Å². The van der Waals surface area contributed by atoms with Gasteiger partial charge >= 0.3 is 0 Å². The maximum atomic E-state index is 12.7. The second kappa shape index (κ2) is 5.23. The number of nitrogens with one attached hydrogen (secondary N) is 1. The number of rotatable bonds is 3. The minimum absolute atomic E-state index is 0.199. The molecule has 1 saturated carbocycles. The van der Waals surface area contributed by atoms with Crippen LogP contribution >= 0.6 is 23.2 Å². The predicted molar refractivity (Wildman–Crippen MR) is 96.4 cm³/mol. The Bertz CT molecular complexity index is 936. The van der Waals surface area contributed by atoms with Crippen molar-refractivity contribution in [3.05, 3.63) is 54.7 Å². The van der Waals surface area contributed by atoms with Gasteiger partial charge in [-0.1, -0.05) is 36.4 Å². The maximum Gasteiger partial charge on any atom is 0.234 e. The summed E-state index contributed by atoms with van der Waals surface area (Å²) >= 11 is 12.3. The molecule has 0 bridgehead atoms. The molecule has 1 atom stereocenters. The van der Waals surface area contributed by atoms with E-state index in [0.29, 0.717) is 17.9 Å². The summed E-state index contributed by atoms with van der Waals surface area (Å²) in [5.41, 5.74) is 1.62. The molecule has 0 radical (unpaired) electrons. The molecule has 0 spiro atoms. The second-order valence-electron chi connectivity index (χ2n) is 6.27. The zero-order chi connectivity index (χ0) is 16.9. The molecular weight excluding hydrogens is 345 g/mol. The van der Waals surface area contributed by atoms with Crippen molar-refractivity contribution >= 4 is 40.6 Å². The highest BCUT2D eigenvalue weighted by molar-refractivity contribution is 6.53. The van der Waals surface area contributed by atoms with Gasteiger partial charge in [0.05, 0.1) is 5.41 Å². The van der Waals surface area contributed by atoms with Crippen molar-refractivity contribution < 1.29 is 4.79 Å². The van der Waals surface area contributed by atoms with E-state index in [1.54, 1.807) is 6.92 Å². The molecule has 24 heavy (non-hydrogen) atoms. The molecule has 2 aromatic heterocycles. The molecule has 4 rings (SSSR count). The van der Waals surface area contributed by atoms with E-state index in [0.717, 1.165) is 11.2 Å². The summed E-state index contributed by atoms with van der Waals surface area (Å²) in [6.07, 6.45) is 2.31. The minimum Gasteiger partial charge on any atom is -0.309 e. The Hall–Kier alpha value is -2.04.